The highest BCUT2D eigenvalue weighted by Crippen LogP contribution is 2.18. The number of benzene rings is 1. The number of hydrogen-bond donors (Lipinski definition) is 2. The predicted octanol–water partition coefficient (Wildman–Crippen LogP) is 1.49. The Morgan fingerprint density at radius 2 is 1.28 bits per heavy atom. The number of rotatable bonds is 4. The van der Waals surface area contributed by atoms with E-state index in [2.05, 4.69) is 0 Å². The molecule has 0 saturated carbocycles. The Bertz CT molecular complexity index is 428. The van der Waals surface area contributed by atoms with Crippen LogP contribution in [-0.2, 0) is 22.7 Å². The first-order valence-corrected chi connectivity index (χ1v) is 5.33. The van der Waals surface area contributed by atoms with E-state index in [0.29, 0.717) is 0 Å². The summed E-state index contributed by atoms with van der Waals surface area (Å²) in [6, 6.07) is 3.72. The molecule has 6 nitrogen and oxygen atoms in total. The molecule has 18 heavy (non-hydrogen) atoms. The van der Waals surface area contributed by atoms with Crippen molar-refractivity contribution in [2.45, 2.75) is 27.1 Å². The van der Waals surface area contributed by atoms with Gasteiger partial charge in [0.15, 0.2) is 0 Å². The first-order chi connectivity index (χ1) is 8.40. The highest BCUT2D eigenvalue weighted by atomic mass is 16.5. The molecule has 1 rings (SSSR count). The van der Waals surface area contributed by atoms with Crippen molar-refractivity contribution >= 4 is 12.2 Å². The van der Waals surface area contributed by atoms with E-state index >= 15 is 0 Å². The monoisotopic (exact) mass is 252 g/mol. The highest BCUT2D eigenvalue weighted by Gasteiger charge is 2.09. The number of carbonyl (C=O) groups excluding carboxylic acids is 2. The Morgan fingerprint density at radius 1 is 0.944 bits per heavy atom. The van der Waals surface area contributed by atoms with E-state index in [1.165, 1.54) is 0 Å². The summed E-state index contributed by atoms with van der Waals surface area (Å²) < 4.78 is 9.47. The maximum absolute atomic E-state index is 10.6. The van der Waals surface area contributed by atoms with Crippen molar-refractivity contribution in [3.8, 4) is 0 Å². The smallest absolute Gasteiger partial charge is 0.404 e. The second-order valence-electron chi connectivity index (χ2n) is 3.92. The summed E-state index contributed by atoms with van der Waals surface area (Å²) in [5.74, 6) is 0. The van der Waals surface area contributed by atoms with Crippen LogP contribution in [0.4, 0.5) is 9.59 Å². The van der Waals surface area contributed by atoms with Crippen LogP contribution in [0, 0.1) is 13.8 Å². The van der Waals surface area contributed by atoms with E-state index in [4.69, 9.17) is 20.9 Å². The molecule has 0 bridgehead atoms. The van der Waals surface area contributed by atoms with Crippen LogP contribution in [0.3, 0.4) is 0 Å². The van der Waals surface area contributed by atoms with E-state index < -0.39 is 12.2 Å². The lowest BCUT2D eigenvalue weighted by Crippen LogP contribution is -2.16. The number of carbonyl (C=O) groups is 2. The molecule has 2 amide bonds. The van der Waals surface area contributed by atoms with Crippen molar-refractivity contribution in [3.63, 3.8) is 0 Å². The minimum absolute atomic E-state index is 0.0356. The molecule has 0 saturated heterocycles. The SMILES string of the molecule is Cc1cc(COC(N)=O)c(COC(N)=O)cc1C. The first kappa shape index (κ1) is 13.8. The summed E-state index contributed by atoms with van der Waals surface area (Å²) in [5, 5.41) is 0. The zero-order valence-corrected chi connectivity index (χ0v) is 10.4. The lowest BCUT2D eigenvalue weighted by molar-refractivity contribution is 0.142. The summed E-state index contributed by atoms with van der Waals surface area (Å²) in [6.45, 7) is 3.94. The molecule has 0 aliphatic carbocycles. The number of ether oxygens (including phenoxy) is 2. The summed E-state index contributed by atoms with van der Waals surface area (Å²) in [6.07, 6.45) is -1.70. The fraction of sp³-hybridized carbons (Fsp3) is 0.333. The van der Waals surface area contributed by atoms with Crippen LogP contribution in [0.2, 0.25) is 0 Å². The number of amides is 2. The summed E-state index contributed by atoms with van der Waals surface area (Å²) in [4.78, 5) is 21.2. The maximum Gasteiger partial charge on any atom is 0.404 e. The summed E-state index contributed by atoms with van der Waals surface area (Å²) in [5.41, 5.74) is 13.4. The van der Waals surface area contributed by atoms with Crippen molar-refractivity contribution in [1.29, 1.82) is 0 Å². The molecule has 0 spiro atoms. The minimum atomic E-state index is -0.852. The van der Waals surface area contributed by atoms with E-state index in [1.807, 2.05) is 26.0 Å². The Kier molecular flexibility index (Phi) is 4.53. The molecule has 0 aliphatic heterocycles. The van der Waals surface area contributed by atoms with Gasteiger partial charge in [-0.2, -0.15) is 0 Å². The van der Waals surface area contributed by atoms with Gasteiger partial charge in [0.25, 0.3) is 0 Å². The number of aryl methyl sites for hydroxylation is 2. The first-order valence-electron chi connectivity index (χ1n) is 5.33. The predicted molar refractivity (Wildman–Crippen MR) is 64.7 cm³/mol. The molecule has 6 heteroatoms. The molecular formula is C12H16N2O4. The van der Waals surface area contributed by atoms with Gasteiger partial charge in [0.05, 0.1) is 0 Å². The Balaban J connectivity index is 2.93. The van der Waals surface area contributed by atoms with Crippen molar-refractivity contribution in [1.82, 2.24) is 0 Å². The Morgan fingerprint density at radius 3 is 1.56 bits per heavy atom. The van der Waals surface area contributed by atoms with Gasteiger partial charge in [0.2, 0.25) is 0 Å². The lowest BCUT2D eigenvalue weighted by Gasteiger charge is -2.12. The maximum atomic E-state index is 10.6. The fourth-order valence-corrected chi connectivity index (χ4v) is 1.50. The van der Waals surface area contributed by atoms with Crippen LogP contribution in [0.15, 0.2) is 12.1 Å². The zero-order chi connectivity index (χ0) is 13.7. The van der Waals surface area contributed by atoms with E-state index in [1.54, 1.807) is 0 Å². The quantitative estimate of drug-likeness (QED) is 0.846. The molecule has 0 radical (unpaired) electrons. The van der Waals surface area contributed by atoms with Crippen molar-refractivity contribution in [2.24, 2.45) is 11.5 Å². The van der Waals surface area contributed by atoms with Gasteiger partial charge in [0.1, 0.15) is 13.2 Å². The van der Waals surface area contributed by atoms with Gasteiger partial charge in [-0.3, -0.25) is 0 Å². The molecule has 0 aliphatic rings. The third-order valence-electron chi connectivity index (χ3n) is 2.56. The molecule has 98 valence electrons. The van der Waals surface area contributed by atoms with Crippen LogP contribution in [0.1, 0.15) is 22.3 Å². The third kappa shape index (κ3) is 3.97. The van der Waals surface area contributed by atoms with Crippen molar-refractivity contribution in [2.75, 3.05) is 0 Å². The molecule has 0 unspecified atom stereocenters. The lowest BCUT2D eigenvalue weighted by atomic mass is 10.0. The molecule has 0 aromatic heterocycles. The van der Waals surface area contributed by atoms with E-state index in [-0.39, 0.29) is 13.2 Å². The van der Waals surface area contributed by atoms with Crippen LogP contribution in [0.25, 0.3) is 0 Å². The molecule has 1 aromatic carbocycles. The van der Waals surface area contributed by atoms with Gasteiger partial charge in [-0.15, -0.1) is 0 Å². The minimum Gasteiger partial charge on any atom is -0.445 e. The molecular weight excluding hydrogens is 236 g/mol. The van der Waals surface area contributed by atoms with Crippen LogP contribution in [0.5, 0.6) is 0 Å². The van der Waals surface area contributed by atoms with Gasteiger partial charge < -0.3 is 20.9 Å². The molecule has 4 N–H and O–H groups in total. The molecule has 0 fully saturated rings. The van der Waals surface area contributed by atoms with Crippen LogP contribution >= 0.6 is 0 Å². The van der Waals surface area contributed by atoms with E-state index in [0.717, 1.165) is 22.3 Å². The summed E-state index contributed by atoms with van der Waals surface area (Å²) >= 11 is 0. The average molecular weight is 252 g/mol. The van der Waals surface area contributed by atoms with Crippen molar-refractivity contribution in [3.05, 3.63) is 34.4 Å². The largest absolute Gasteiger partial charge is 0.445 e. The van der Waals surface area contributed by atoms with Crippen LogP contribution in [-0.4, -0.2) is 12.2 Å². The topological polar surface area (TPSA) is 105 Å². The Labute approximate surface area is 105 Å². The second kappa shape index (κ2) is 5.90. The average Bonchev–Trinajstić information content (AvgIpc) is 2.28. The zero-order valence-electron chi connectivity index (χ0n) is 10.4. The third-order valence-corrected chi connectivity index (χ3v) is 2.56. The normalized spacial score (nSPS) is 9.89. The van der Waals surface area contributed by atoms with Gasteiger partial charge in [-0.25, -0.2) is 9.59 Å². The van der Waals surface area contributed by atoms with E-state index in [9.17, 15) is 9.59 Å². The van der Waals surface area contributed by atoms with Gasteiger partial charge >= 0.3 is 12.2 Å². The van der Waals surface area contributed by atoms with Gasteiger partial charge in [-0.1, -0.05) is 12.1 Å². The van der Waals surface area contributed by atoms with Crippen molar-refractivity contribution < 1.29 is 19.1 Å². The Hall–Kier alpha value is -2.24. The standard InChI is InChI=1S/C12H16N2O4/c1-7-3-9(5-17-11(13)15)10(4-8(7)2)6-18-12(14)16/h3-4H,5-6H2,1-2H3,(H2,13,15)(H2,14,16). The number of primary amides is 2. The molecule has 0 heterocycles. The highest BCUT2D eigenvalue weighted by molar-refractivity contribution is 5.65. The second-order valence-corrected chi connectivity index (χ2v) is 3.92. The summed E-state index contributed by atoms with van der Waals surface area (Å²) in [7, 11) is 0. The number of hydrogen-bond acceptors (Lipinski definition) is 4. The number of nitrogens with two attached hydrogens (primary N) is 2. The molecule has 0 atom stereocenters. The van der Waals surface area contributed by atoms with Gasteiger partial charge in [-0.05, 0) is 36.1 Å². The fourth-order valence-electron chi connectivity index (χ4n) is 1.50. The van der Waals surface area contributed by atoms with Gasteiger partial charge in [0, 0.05) is 0 Å². The molecule has 1 aromatic rings. The van der Waals surface area contributed by atoms with Crippen LogP contribution < -0.4 is 11.5 Å².